The number of hydrogen-bond donors (Lipinski definition) is 1. The van der Waals surface area contributed by atoms with Gasteiger partial charge < -0.3 is 14.6 Å². The van der Waals surface area contributed by atoms with Crippen LogP contribution in [0.15, 0.2) is 72.5 Å². The minimum Gasteiger partial charge on any atom is -0.367 e. The Morgan fingerprint density at radius 1 is 1.03 bits per heavy atom. The molecule has 6 nitrogen and oxygen atoms in total. The molecular formula is C26H29N5O. The number of hydrogen-bond acceptors (Lipinski definition) is 4. The molecule has 1 N–H and O–H groups in total. The highest BCUT2D eigenvalue weighted by molar-refractivity contribution is 6.00. The molecule has 0 unspecified atom stereocenters. The maximum atomic E-state index is 13.3. The lowest BCUT2D eigenvalue weighted by atomic mass is 10.0. The Morgan fingerprint density at radius 2 is 1.78 bits per heavy atom. The largest absolute Gasteiger partial charge is 0.367 e. The highest BCUT2D eigenvalue weighted by atomic mass is 16.2. The first-order valence-corrected chi connectivity index (χ1v) is 11.2. The second-order valence-electron chi connectivity index (χ2n) is 9.01. The van der Waals surface area contributed by atoms with Crippen molar-refractivity contribution in [3.8, 4) is 0 Å². The number of nitrogens with zero attached hydrogens (tertiary/aromatic N) is 4. The van der Waals surface area contributed by atoms with Gasteiger partial charge in [-0.2, -0.15) is 0 Å². The molecule has 0 aliphatic carbocycles. The van der Waals surface area contributed by atoms with E-state index in [-0.39, 0.29) is 5.91 Å². The molecule has 0 aromatic carbocycles. The summed E-state index contributed by atoms with van der Waals surface area (Å²) in [6.45, 7) is 10.2. The minimum atomic E-state index is -0.0463. The summed E-state index contributed by atoms with van der Waals surface area (Å²) in [5.74, 6) is -0.0463. The molecule has 5 heterocycles. The first kappa shape index (κ1) is 20.5. The fourth-order valence-electron chi connectivity index (χ4n) is 4.82. The number of aromatic nitrogens is 2. The van der Waals surface area contributed by atoms with Crippen molar-refractivity contribution in [1.29, 1.82) is 0 Å². The standard InChI is InChI=1S/C26H29N5O/c1-17-12-29(13-18(2)27-17)24-9-8-23-7-5-6-21(11-26(32)31(23)16-24)22-10-25-20(4)28-19(3)14-30(25)15-22/h5-11,14-18,27H,12-13H2,1-4H3/b6-5+,21-11+,23-7+/t17-,18+. The van der Waals surface area contributed by atoms with Crippen LogP contribution in [0.4, 0.5) is 0 Å². The maximum Gasteiger partial charge on any atom is 0.255 e. The van der Waals surface area contributed by atoms with Crippen molar-refractivity contribution in [3.63, 3.8) is 0 Å². The van der Waals surface area contributed by atoms with Crippen molar-refractivity contribution in [3.05, 3.63) is 89.5 Å². The van der Waals surface area contributed by atoms with Gasteiger partial charge in [0, 0.05) is 61.1 Å². The summed E-state index contributed by atoms with van der Waals surface area (Å²) in [7, 11) is 0. The van der Waals surface area contributed by atoms with Crippen molar-refractivity contribution in [2.75, 3.05) is 13.1 Å². The van der Waals surface area contributed by atoms with Crippen LogP contribution in [-0.4, -0.2) is 50.3 Å². The second-order valence-corrected chi connectivity index (χ2v) is 9.01. The molecule has 5 rings (SSSR count). The number of aryl methyl sites for hydroxylation is 2. The van der Waals surface area contributed by atoms with E-state index >= 15 is 0 Å². The van der Waals surface area contributed by atoms with Crippen LogP contribution in [0.2, 0.25) is 0 Å². The Kier molecular flexibility index (Phi) is 5.10. The van der Waals surface area contributed by atoms with Crippen LogP contribution < -0.4 is 5.32 Å². The van der Waals surface area contributed by atoms with Crippen LogP contribution in [0.5, 0.6) is 0 Å². The highest BCUT2D eigenvalue weighted by Crippen LogP contribution is 2.27. The SMILES string of the molecule is Cc1cn2cc(C3=C\C(=O)N4C=C(N5C[C@@H](C)N[C@@H](C)C5)C=C\C4=C/C=C/3)cc2c(C)n1. The average molecular weight is 428 g/mol. The third-order valence-electron chi connectivity index (χ3n) is 6.17. The molecule has 2 aromatic heterocycles. The molecule has 2 atom stereocenters. The molecule has 3 aliphatic rings. The smallest absolute Gasteiger partial charge is 0.255 e. The third-order valence-corrected chi connectivity index (χ3v) is 6.17. The van der Waals surface area contributed by atoms with E-state index < -0.39 is 0 Å². The normalized spacial score (nSPS) is 27.8. The molecular weight excluding hydrogens is 398 g/mol. The predicted octanol–water partition coefficient (Wildman–Crippen LogP) is 3.71. The number of carbonyl (C=O) groups excluding carboxylic acids is 1. The van der Waals surface area contributed by atoms with Gasteiger partial charge in [-0.15, -0.1) is 0 Å². The second kappa shape index (κ2) is 7.95. The molecule has 3 aliphatic heterocycles. The molecule has 2 aromatic rings. The Balaban J connectivity index is 1.48. The summed E-state index contributed by atoms with van der Waals surface area (Å²) < 4.78 is 2.08. The van der Waals surface area contributed by atoms with Crippen molar-refractivity contribution in [1.82, 2.24) is 24.5 Å². The van der Waals surface area contributed by atoms with Gasteiger partial charge in [0.15, 0.2) is 0 Å². The minimum absolute atomic E-state index is 0.0463. The van der Waals surface area contributed by atoms with Crippen LogP contribution in [0.3, 0.4) is 0 Å². The molecule has 6 heteroatoms. The molecule has 0 spiro atoms. The first-order chi connectivity index (χ1) is 15.4. The van der Waals surface area contributed by atoms with Gasteiger partial charge in [0.25, 0.3) is 5.91 Å². The highest BCUT2D eigenvalue weighted by Gasteiger charge is 2.25. The Morgan fingerprint density at radius 3 is 2.56 bits per heavy atom. The number of amides is 1. The fraction of sp³-hybridized carbons (Fsp3) is 0.308. The van der Waals surface area contributed by atoms with Gasteiger partial charge in [0.05, 0.1) is 22.6 Å². The molecule has 0 radical (unpaired) electrons. The van der Waals surface area contributed by atoms with Crippen LogP contribution in [0.1, 0.15) is 30.8 Å². The molecule has 1 saturated heterocycles. The van der Waals surface area contributed by atoms with Gasteiger partial charge >= 0.3 is 0 Å². The summed E-state index contributed by atoms with van der Waals surface area (Å²) >= 11 is 0. The van der Waals surface area contributed by atoms with Gasteiger partial charge in [-0.05, 0) is 57.6 Å². The number of carbonyl (C=O) groups is 1. The Bertz CT molecular complexity index is 1230. The quantitative estimate of drug-likeness (QED) is 0.794. The van der Waals surface area contributed by atoms with Gasteiger partial charge in [0.1, 0.15) is 0 Å². The van der Waals surface area contributed by atoms with Gasteiger partial charge in [0.2, 0.25) is 0 Å². The zero-order valence-electron chi connectivity index (χ0n) is 19.0. The van der Waals surface area contributed by atoms with Gasteiger partial charge in [-0.1, -0.05) is 12.2 Å². The van der Waals surface area contributed by atoms with Crippen LogP contribution in [0, 0.1) is 13.8 Å². The van der Waals surface area contributed by atoms with E-state index in [0.29, 0.717) is 12.1 Å². The maximum absolute atomic E-state index is 13.3. The van der Waals surface area contributed by atoms with E-state index in [1.807, 2.05) is 50.5 Å². The molecule has 0 bridgehead atoms. The number of rotatable bonds is 2. The third kappa shape index (κ3) is 3.82. The average Bonchev–Trinajstić information content (AvgIpc) is 3.15. The number of fused-ring (bicyclic) bond motifs is 2. The van der Waals surface area contributed by atoms with E-state index in [1.165, 1.54) is 0 Å². The summed E-state index contributed by atoms with van der Waals surface area (Å²) in [5, 5.41) is 3.56. The van der Waals surface area contributed by atoms with Crippen molar-refractivity contribution in [2.24, 2.45) is 0 Å². The summed E-state index contributed by atoms with van der Waals surface area (Å²) in [6.07, 6.45) is 17.9. The fourth-order valence-corrected chi connectivity index (χ4v) is 4.82. The summed E-state index contributed by atoms with van der Waals surface area (Å²) in [5.41, 5.74) is 6.84. The molecule has 1 amide bonds. The van der Waals surface area contributed by atoms with E-state index in [1.54, 1.807) is 11.0 Å². The molecule has 0 saturated carbocycles. The van der Waals surface area contributed by atoms with E-state index in [4.69, 9.17) is 0 Å². The van der Waals surface area contributed by atoms with E-state index in [9.17, 15) is 4.79 Å². The van der Waals surface area contributed by atoms with Gasteiger partial charge in [-0.3, -0.25) is 14.7 Å². The zero-order valence-corrected chi connectivity index (χ0v) is 19.0. The van der Waals surface area contributed by atoms with Crippen LogP contribution >= 0.6 is 0 Å². The van der Waals surface area contributed by atoms with Crippen molar-refractivity contribution in [2.45, 2.75) is 39.8 Å². The summed E-state index contributed by atoms with van der Waals surface area (Å²) in [4.78, 5) is 22.0. The predicted molar refractivity (Wildman–Crippen MR) is 128 cm³/mol. The lowest BCUT2D eigenvalue weighted by molar-refractivity contribution is -0.122. The van der Waals surface area contributed by atoms with Gasteiger partial charge in [-0.25, -0.2) is 0 Å². The summed E-state index contributed by atoms with van der Waals surface area (Å²) in [6, 6.07) is 2.92. The molecule has 32 heavy (non-hydrogen) atoms. The number of nitrogens with one attached hydrogen (secondary N) is 1. The lowest BCUT2D eigenvalue weighted by Crippen LogP contribution is -2.53. The van der Waals surface area contributed by atoms with E-state index in [0.717, 1.165) is 52.5 Å². The lowest BCUT2D eigenvalue weighted by Gasteiger charge is -2.39. The Hall–Kier alpha value is -3.38. The van der Waals surface area contributed by atoms with Crippen LogP contribution in [-0.2, 0) is 4.79 Å². The van der Waals surface area contributed by atoms with E-state index in [2.05, 4.69) is 51.8 Å². The molecule has 1 fully saturated rings. The topological polar surface area (TPSA) is 52.9 Å². The number of piperazine rings is 1. The van der Waals surface area contributed by atoms with Crippen molar-refractivity contribution < 1.29 is 4.79 Å². The molecule has 164 valence electrons. The zero-order chi connectivity index (χ0) is 22.4. The van der Waals surface area contributed by atoms with Crippen LogP contribution in [0.25, 0.3) is 11.1 Å². The van der Waals surface area contributed by atoms with Crippen molar-refractivity contribution >= 4 is 17.0 Å². The number of allylic oxidation sites excluding steroid dienone is 6. The monoisotopic (exact) mass is 427 g/mol. The Labute approximate surface area is 188 Å². The first-order valence-electron chi connectivity index (χ1n) is 11.2.